The minimum Gasteiger partial charge on any atom is -0.336 e. The molecule has 2 heterocycles. The molecular weight excluding hydrogens is 392 g/mol. The number of piperazine rings is 1. The average molecular weight is 419 g/mol. The van der Waals surface area contributed by atoms with Gasteiger partial charge in [-0.15, -0.1) is 11.3 Å². The van der Waals surface area contributed by atoms with Gasteiger partial charge in [-0.2, -0.15) is 4.31 Å². The largest absolute Gasteiger partial charge is 0.336 e. The number of amides is 1. The second-order valence-electron chi connectivity index (χ2n) is 7.72. The third-order valence-corrected chi connectivity index (χ3v) is 8.91. The number of carbonyl (C=O) groups excluding carboxylic acids is 1. The highest BCUT2D eigenvalue weighted by Gasteiger charge is 2.32. The fourth-order valence-electron chi connectivity index (χ4n) is 4.10. The van der Waals surface area contributed by atoms with Crippen LogP contribution in [0.3, 0.4) is 0 Å². The van der Waals surface area contributed by atoms with E-state index in [4.69, 9.17) is 0 Å². The summed E-state index contributed by atoms with van der Waals surface area (Å²) in [4.78, 5) is 16.6. The van der Waals surface area contributed by atoms with Crippen LogP contribution < -0.4 is 0 Å². The van der Waals surface area contributed by atoms with E-state index in [2.05, 4.69) is 0 Å². The van der Waals surface area contributed by atoms with Crippen LogP contribution in [0.25, 0.3) is 0 Å². The molecule has 1 aromatic heterocycles. The van der Waals surface area contributed by atoms with Crippen LogP contribution in [-0.2, 0) is 22.9 Å². The summed E-state index contributed by atoms with van der Waals surface area (Å²) >= 11 is 1.70. The van der Waals surface area contributed by atoms with Crippen LogP contribution >= 0.6 is 11.3 Å². The quantitative estimate of drug-likeness (QED) is 0.768. The summed E-state index contributed by atoms with van der Waals surface area (Å²) in [5.74, 6) is 0.0585. The fraction of sp³-hybridized carbons (Fsp3) is 0.476. The standard InChI is InChI=1S/C21H26N2O3S2/c1-15-7-8-16(2)20(13-15)28(25,26)23-11-9-22(10-12-23)21(24)18-14-27-19-6-4-3-5-17(18)19/h7-8,13-14H,3-6,9-12H2,1-2H3. The molecule has 0 atom stereocenters. The Kier molecular flexibility index (Phi) is 5.33. The second kappa shape index (κ2) is 7.61. The van der Waals surface area contributed by atoms with Crippen molar-refractivity contribution in [3.05, 3.63) is 50.7 Å². The minimum absolute atomic E-state index is 0.0585. The number of carbonyl (C=O) groups is 1. The smallest absolute Gasteiger partial charge is 0.255 e. The monoisotopic (exact) mass is 418 g/mol. The van der Waals surface area contributed by atoms with Crippen molar-refractivity contribution < 1.29 is 13.2 Å². The molecule has 0 radical (unpaired) electrons. The Hall–Kier alpha value is -1.70. The van der Waals surface area contributed by atoms with Crippen molar-refractivity contribution in [2.24, 2.45) is 0 Å². The van der Waals surface area contributed by atoms with Gasteiger partial charge in [0, 0.05) is 36.4 Å². The fourth-order valence-corrected chi connectivity index (χ4v) is 6.95. The van der Waals surface area contributed by atoms with Gasteiger partial charge in [-0.05, 0) is 62.3 Å². The zero-order valence-electron chi connectivity index (χ0n) is 16.4. The van der Waals surface area contributed by atoms with Gasteiger partial charge >= 0.3 is 0 Å². The zero-order valence-corrected chi connectivity index (χ0v) is 18.0. The lowest BCUT2D eigenvalue weighted by Crippen LogP contribution is -2.50. The normalized spacial score (nSPS) is 18.1. The van der Waals surface area contributed by atoms with Gasteiger partial charge in [-0.25, -0.2) is 8.42 Å². The molecule has 2 aromatic rings. The predicted octanol–water partition coefficient (Wildman–Crippen LogP) is 3.39. The highest BCUT2D eigenvalue weighted by atomic mass is 32.2. The van der Waals surface area contributed by atoms with Crippen LogP contribution in [0.4, 0.5) is 0 Å². The summed E-state index contributed by atoms with van der Waals surface area (Å²) in [5, 5.41) is 2.00. The Bertz CT molecular complexity index is 1000. The third kappa shape index (κ3) is 3.51. The molecule has 7 heteroatoms. The highest BCUT2D eigenvalue weighted by molar-refractivity contribution is 7.89. The number of benzene rings is 1. The number of nitrogens with zero attached hydrogens (tertiary/aromatic N) is 2. The van der Waals surface area contributed by atoms with Crippen molar-refractivity contribution >= 4 is 27.3 Å². The Morgan fingerprint density at radius 3 is 2.50 bits per heavy atom. The first-order chi connectivity index (χ1) is 13.4. The van der Waals surface area contributed by atoms with E-state index in [1.807, 2.05) is 36.3 Å². The topological polar surface area (TPSA) is 57.7 Å². The van der Waals surface area contributed by atoms with Crippen molar-refractivity contribution in [2.75, 3.05) is 26.2 Å². The van der Waals surface area contributed by atoms with Gasteiger partial charge in [0.15, 0.2) is 0 Å². The van der Waals surface area contributed by atoms with E-state index in [0.717, 1.165) is 36.0 Å². The highest BCUT2D eigenvalue weighted by Crippen LogP contribution is 2.31. The van der Waals surface area contributed by atoms with Gasteiger partial charge in [0.2, 0.25) is 10.0 Å². The van der Waals surface area contributed by atoms with Crippen molar-refractivity contribution in [3.63, 3.8) is 0 Å². The summed E-state index contributed by atoms with van der Waals surface area (Å²) < 4.78 is 27.7. The van der Waals surface area contributed by atoms with Crippen molar-refractivity contribution in [2.45, 2.75) is 44.4 Å². The molecule has 1 fully saturated rings. The molecule has 1 saturated heterocycles. The number of thiophene rings is 1. The van der Waals surface area contributed by atoms with Crippen molar-refractivity contribution in [3.8, 4) is 0 Å². The van der Waals surface area contributed by atoms with E-state index in [1.165, 1.54) is 21.2 Å². The van der Waals surface area contributed by atoms with E-state index in [9.17, 15) is 13.2 Å². The van der Waals surface area contributed by atoms with E-state index < -0.39 is 10.0 Å². The Labute approximate surface area is 171 Å². The summed E-state index contributed by atoms with van der Waals surface area (Å²) in [6, 6.07) is 5.51. The van der Waals surface area contributed by atoms with Crippen LogP contribution in [-0.4, -0.2) is 49.7 Å². The first-order valence-electron chi connectivity index (χ1n) is 9.84. The molecule has 150 valence electrons. The molecule has 1 aliphatic heterocycles. The van der Waals surface area contributed by atoms with Gasteiger partial charge < -0.3 is 4.90 Å². The van der Waals surface area contributed by atoms with Crippen LogP contribution in [0.15, 0.2) is 28.5 Å². The molecule has 1 amide bonds. The third-order valence-electron chi connectivity index (χ3n) is 5.78. The molecule has 0 N–H and O–H groups in total. The second-order valence-corrected chi connectivity index (χ2v) is 10.6. The van der Waals surface area contributed by atoms with Gasteiger partial charge in [-0.1, -0.05) is 12.1 Å². The van der Waals surface area contributed by atoms with E-state index >= 15 is 0 Å². The van der Waals surface area contributed by atoms with E-state index in [-0.39, 0.29) is 5.91 Å². The Morgan fingerprint density at radius 1 is 1.04 bits per heavy atom. The van der Waals surface area contributed by atoms with Gasteiger partial charge in [-0.3, -0.25) is 4.79 Å². The number of hydrogen-bond acceptors (Lipinski definition) is 4. The molecule has 5 nitrogen and oxygen atoms in total. The first-order valence-corrected chi connectivity index (χ1v) is 12.2. The summed E-state index contributed by atoms with van der Waals surface area (Å²) in [5.41, 5.74) is 3.76. The Morgan fingerprint density at radius 2 is 1.75 bits per heavy atom. The summed E-state index contributed by atoms with van der Waals surface area (Å²) in [6.45, 7) is 5.28. The molecule has 0 unspecified atom stereocenters. The maximum absolute atomic E-state index is 13.1. The number of fused-ring (bicyclic) bond motifs is 1. The van der Waals surface area contributed by atoms with E-state index in [1.54, 1.807) is 17.4 Å². The minimum atomic E-state index is -3.54. The molecule has 0 spiro atoms. The van der Waals surface area contributed by atoms with Crippen molar-refractivity contribution in [1.29, 1.82) is 0 Å². The predicted molar refractivity (Wildman–Crippen MR) is 112 cm³/mol. The lowest BCUT2D eigenvalue weighted by atomic mass is 9.95. The van der Waals surface area contributed by atoms with Crippen LogP contribution in [0, 0.1) is 13.8 Å². The molecule has 1 aromatic carbocycles. The number of hydrogen-bond donors (Lipinski definition) is 0. The molecule has 1 aliphatic carbocycles. The molecule has 0 saturated carbocycles. The lowest BCUT2D eigenvalue weighted by Gasteiger charge is -2.34. The van der Waals surface area contributed by atoms with Gasteiger partial charge in [0.05, 0.1) is 10.5 Å². The van der Waals surface area contributed by atoms with Crippen molar-refractivity contribution in [1.82, 2.24) is 9.21 Å². The maximum atomic E-state index is 13.1. The molecule has 4 rings (SSSR count). The number of rotatable bonds is 3. The molecule has 2 aliphatic rings. The van der Waals surface area contributed by atoms with Crippen LogP contribution in [0.5, 0.6) is 0 Å². The molecular formula is C21H26N2O3S2. The van der Waals surface area contributed by atoms with Crippen LogP contribution in [0.2, 0.25) is 0 Å². The average Bonchev–Trinajstić information content (AvgIpc) is 3.13. The SMILES string of the molecule is Cc1ccc(C)c(S(=O)(=O)N2CCN(C(=O)c3csc4c3CCCC4)CC2)c1. The van der Waals surface area contributed by atoms with Crippen LogP contribution in [0.1, 0.15) is 44.8 Å². The lowest BCUT2D eigenvalue weighted by molar-refractivity contribution is 0.0697. The maximum Gasteiger partial charge on any atom is 0.255 e. The molecule has 28 heavy (non-hydrogen) atoms. The van der Waals surface area contributed by atoms with E-state index in [0.29, 0.717) is 31.1 Å². The van der Waals surface area contributed by atoms with Gasteiger partial charge in [0.1, 0.15) is 0 Å². The zero-order chi connectivity index (χ0) is 19.9. The molecule has 0 bridgehead atoms. The summed E-state index contributed by atoms with van der Waals surface area (Å²) in [6.07, 6.45) is 4.41. The van der Waals surface area contributed by atoms with Gasteiger partial charge in [0.25, 0.3) is 5.91 Å². The Balaban J connectivity index is 1.48. The first kappa shape index (κ1) is 19.6. The summed E-state index contributed by atoms with van der Waals surface area (Å²) in [7, 11) is -3.54. The number of sulfonamides is 1. The number of aryl methyl sites for hydroxylation is 3.